The molecule has 1 aliphatic carbocycles. The smallest absolute Gasteiger partial charge is 0.278 e. The standard InChI is InChI=1S/C23H23F2N7O3/c1-23(2,35)10-29-21(33)17-15(6-5-14(24)18(17)25)32-22(34)19-20(30-13-7-26-11-27-8-13)28-9-16(31-19)12-3-4-12/h5-9,11-12,35H,3-4,10H2,1-2H3,(H,28,30)(H,29,33)(H,32,34). The van der Waals surface area contributed by atoms with Gasteiger partial charge in [0, 0.05) is 12.5 Å². The van der Waals surface area contributed by atoms with Gasteiger partial charge in [-0.2, -0.15) is 0 Å². The van der Waals surface area contributed by atoms with Gasteiger partial charge in [0.15, 0.2) is 23.1 Å². The van der Waals surface area contributed by atoms with Crippen LogP contribution in [-0.2, 0) is 0 Å². The topological polar surface area (TPSA) is 142 Å². The van der Waals surface area contributed by atoms with Crippen LogP contribution in [0.3, 0.4) is 0 Å². The van der Waals surface area contributed by atoms with Crippen LogP contribution >= 0.6 is 0 Å². The maximum absolute atomic E-state index is 14.6. The van der Waals surface area contributed by atoms with Crippen molar-refractivity contribution in [3.63, 3.8) is 0 Å². The molecule has 1 fully saturated rings. The van der Waals surface area contributed by atoms with Crippen molar-refractivity contribution < 1.29 is 23.5 Å². The highest BCUT2D eigenvalue weighted by Gasteiger charge is 2.29. The van der Waals surface area contributed by atoms with Gasteiger partial charge in [-0.25, -0.2) is 28.7 Å². The zero-order valence-electron chi connectivity index (χ0n) is 19.0. The van der Waals surface area contributed by atoms with E-state index in [1.165, 1.54) is 32.6 Å². The van der Waals surface area contributed by atoms with Crippen LogP contribution in [0.4, 0.5) is 26.0 Å². The fourth-order valence-corrected chi connectivity index (χ4v) is 3.17. The Bertz CT molecular complexity index is 1260. The van der Waals surface area contributed by atoms with Crippen LogP contribution < -0.4 is 16.0 Å². The summed E-state index contributed by atoms with van der Waals surface area (Å²) < 4.78 is 28.6. The summed E-state index contributed by atoms with van der Waals surface area (Å²) in [6, 6.07) is 1.87. The van der Waals surface area contributed by atoms with Crippen LogP contribution in [0.2, 0.25) is 0 Å². The van der Waals surface area contributed by atoms with E-state index in [1.807, 2.05) is 0 Å². The van der Waals surface area contributed by atoms with Gasteiger partial charge < -0.3 is 21.1 Å². The number of hydrogen-bond acceptors (Lipinski definition) is 8. The zero-order valence-corrected chi connectivity index (χ0v) is 19.0. The van der Waals surface area contributed by atoms with Crippen molar-refractivity contribution in [2.75, 3.05) is 17.2 Å². The summed E-state index contributed by atoms with van der Waals surface area (Å²) in [4.78, 5) is 42.4. The van der Waals surface area contributed by atoms with Crippen molar-refractivity contribution in [1.29, 1.82) is 0 Å². The molecule has 1 saturated carbocycles. The van der Waals surface area contributed by atoms with E-state index >= 15 is 0 Å². The van der Waals surface area contributed by atoms with Gasteiger partial charge in [0.1, 0.15) is 11.9 Å². The molecule has 4 rings (SSSR count). The van der Waals surface area contributed by atoms with E-state index in [9.17, 15) is 23.5 Å². The van der Waals surface area contributed by atoms with Gasteiger partial charge in [-0.05, 0) is 38.8 Å². The van der Waals surface area contributed by atoms with Gasteiger partial charge in [-0.3, -0.25) is 9.59 Å². The molecule has 2 heterocycles. The lowest BCUT2D eigenvalue weighted by Crippen LogP contribution is -2.39. The first-order valence-electron chi connectivity index (χ1n) is 10.8. The lowest BCUT2D eigenvalue weighted by molar-refractivity contribution is 0.0692. The summed E-state index contributed by atoms with van der Waals surface area (Å²) in [6.45, 7) is 2.66. The Kier molecular flexibility index (Phi) is 6.65. The van der Waals surface area contributed by atoms with E-state index in [-0.39, 0.29) is 29.7 Å². The minimum atomic E-state index is -1.44. The number of aliphatic hydroxyl groups is 1. The zero-order chi connectivity index (χ0) is 25.2. The van der Waals surface area contributed by atoms with E-state index in [1.54, 1.807) is 6.20 Å². The molecule has 35 heavy (non-hydrogen) atoms. The molecular formula is C23H23F2N7O3. The van der Waals surface area contributed by atoms with Crippen LogP contribution in [0.5, 0.6) is 0 Å². The molecule has 0 bridgehead atoms. The predicted molar refractivity (Wildman–Crippen MR) is 122 cm³/mol. The third-order valence-corrected chi connectivity index (χ3v) is 5.08. The predicted octanol–water partition coefficient (Wildman–Crippen LogP) is 2.92. The summed E-state index contributed by atoms with van der Waals surface area (Å²) >= 11 is 0. The molecule has 0 unspecified atom stereocenters. The van der Waals surface area contributed by atoms with Gasteiger partial charge in [0.25, 0.3) is 11.8 Å². The molecule has 4 N–H and O–H groups in total. The summed E-state index contributed by atoms with van der Waals surface area (Å²) in [7, 11) is 0. The van der Waals surface area contributed by atoms with Gasteiger partial charge in [-0.1, -0.05) is 0 Å². The summed E-state index contributed by atoms with van der Waals surface area (Å²) in [6.07, 6.45) is 7.70. The number of nitrogens with zero attached hydrogens (tertiary/aromatic N) is 4. The third kappa shape index (κ3) is 5.90. The number of aromatic nitrogens is 4. The molecular weight excluding hydrogens is 460 g/mol. The molecule has 0 radical (unpaired) electrons. The molecule has 0 aliphatic heterocycles. The molecule has 1 aliphatic rings. The number of carbonyl (C=O) groups is 2. The van der Waals surface area contributed by atoms with Crippen LogP contribution in [0.25, 0.3) is 0 Å². The number of halogens is 2. The van der Waals surface area contributed by atoms with Crippen LogP contribution in [-0.4, -0.2) is 49.0 Å². The first-order valence-corrected chi connectivity index (χ1v) is 10.8. The number of anilines is 3. The Morgan fingerprint density at radius 3 is 2.49 bits per heavy atom. The molecule has 3 aromatic rings. The monoisotopic (exact) mass is 483 g/mol. The second-order valence-electron chi connectivity index (χ2n) is 8.75. The average Bonchev–Trinajstić information content (AvgIpc) is 3.66. The van der Waals surface area contributed by atoms with E-state index in [0.29, 0.717) is 11.4 Å². The van der Waals surface area contributed by atoms with Gasteiger partial charge >= 0.3 is 0 Å². The fraction of sp³-hybridized carbons (Fsp3) is 0.304. The van der Waals surface area contributed by atoms with Crippen molar-refractivity contribution in [1.82, 2.24) is 25.3 Å². The average molecular weight is 483 g/mol. The first-order chi connectivity index (χ1) is 16.6. The van der Waals surface area contributed by atoms with Gasteiger partial charge in [0.05, 0.1) is 41.3 Å². The van der Waals surface area contributed by atoms with E-state index < -0.39 is 34.6 Å². The first kappa shape index (κ1) is 24.1. The molecule has 1 aromatic carbocycles. The highest BCUT2D eigenvalue weighted by molar-refractivity contribution is 6.10. The normalized spacial score (nSPS) is 13.3. The Hall–Kier alpha value is -4.06. The number of hydrogen-bond donors (Lipinski definition) is 4. The number of carbonyl (C=O) groups excluding carboxylic acids is 2. The number of benzene rings is 1. The molecule has 10 nitrogen and oxygen atoms in total. The maximum atomic E-state index is 14.6. The molecule has 12 heteroatoms. The van der Waals surface area contributed by atoms with Crippen LogP contribution in [0, 0.1) is 11.6 Å². The van der Waals surface area contributed by atoms with Crippen molar-refractivity contribution in [3.8, 4) is 0 Å². The van der Waals surface area contributed by atoms with Gasteiger partial charge in [-0.15, -0.1) is 0 Å². The Labute approximate surface area is 199 Å². The van der Waals surface area contributed by atoms with Gasteiger partial charge in [0.2, 0.25) is 0 Å². The molecule has 2 amide bonds. The molecule has 0 spiro atoms. The lowest BCUT2D eigenvalue weighted by atomic mass is 10.1. The Morgan fingerprint density at radius 2 is 1.83 bits per heavy atom. The minimum absolute atomic E-state index is 0.0947. The lowest BCUT2D eigenvalue weighted by Gasteiger charge is -2.19. The number of rotatable bonds is 8. The quantitative estimate of drug-likeness (QED) is 0.383. The third-order valence-electron chi connectivity index (χ3n) is 5.08. The van der Waals surface area contributed by atoms with Crippen molar-refractivity contribution in [2.45, 2.75) is 38.2 Å². The fourth-order valence-electron chi connectivity index (χ4n) is 3.17. The summed E-state index contributed by atoms with van der Waals surface area (Å²) in [5.74, 6) is -4.21. The van der Waals surface area contributed by atoms with E-state index in [4.69, 9.17) is 0 Å². The maximum Gasteiger partial charge on any atom is 0.278 e. The number of nitrogens with one attached hydrogen (secondary N) is 3. The van der Waals surface area contributed by atoms with Crippen LogP contribution in [0.15, 0.2) is 37.1 Å². The van der Waals surface area contributed by atoms with Crippen LogP contribution in [0.1, 0.15) is 59.1 Å². The Balaban J connectivity index is 1.66. The highest BCUT2D eigenvalue weighted by atomic mass is 19.2. The SMILES string of the molecule is CC(C)(O)CNC(=O)c1c(NC(=O)c2nc(C3CC3)cnc2Nc2cncnc2)ccc(F)c1F. The molecule has 0 saturated heterocycles. The van der Waals surface area contributed by atoms with Crippen molar-refractivity contribution >= 4 is 29.0 Å². The highest BCUT2D eigenvalue weighted by Crippen LogP contribution is 2.39. The largest absolute Gasteiger partial charge is 0.389 e. The number of amides is 2. The molecule has 0 atom stereocenters. The molecule has 182 valence electrons. The Morgan fingerprint density at radius 1 is 1.11 bits per heavy atom. The van der Waals surface area contributed by atoms with Crippen molar-refractivity contribution in [2.24, 2.45) is 0 Å². The summed E-state index contributed by atoms with van der Waals surface area (Å²) in [5, 5.41) is 17.5. The second-order valence-corrected chi connectivity index (χ2v) is 8.75. The van der Waals surface area contributed by atoms with E-state index in [0.717, 1.165) is 25.0 Å². The van der Waals surface area contributed by atoms with E-state index in [2.05, 4.69) is 35.9 Å². The summed E-state index contributed by atoms with van der Waals surface area (Å²) in [5.41, 5.74) is -1.29. The van der Waals surface area contributed by atoms with Crippen molar-refractivity contribution in [3.05, 3.63) is 65.6 Å². The minimum Gasteiger partial charge on any atom is -0.389 e. The molecule has 2 aromatic heterocycles. The second kappa shape index (κ2) is 9.66.